The Hall–Kier alpha value is -3.39. The van der Waals surface area contributed by atoms with Gasteiger partial charge in [-0.1, -0.05) is 93.6 Å². The zero-order valence-corrected chi connectivity index (χ0v) is 23.8. The first-order chi connectivity index (χ1) is 18.8. The van der Waals surface area contributed by atoms with Crippen LogP contribution in [0.4, 0.5) is 4.39 Å². The van der Waals surface area contributed by atoms with Crippen molar-refractivity contribution in [2.75, 3.05) is 6.61 Å². The van der Waals surface area contributed by atoms with Crippen molar-refractivity contribution >= 4 is 18.7 Å². The standard InChI is InChI=1S/C32H35FN2O3Si/c1-32(2,3)39(27-12-6-4-7-13-27,28-14-8-5-9-15-28)38-23-26-22-29(24-17-19-25(33)20-18-24)31(36)35(34-26)30-16-10-11-21-37-30/h4-9,12-15,17-20,22,30H,10-11,16,21,23H2,1-3H3. The molecule has 1 aliphatic rings. The van der Waals surface area contributed by atoms with Gasteiger partial charge in [0, 0.05) is 6.61 Å². The van der Waals surface area contributed by atoms with E-state index in [1.165, 1.54) is 27.2 Å². The third-order valence-corrected chi connectivity index (χ3v) is 12.4. The third kappa shape index (κ3) is 5.52. The fourth-order valence-corrected chi connectivity index (χ4v) is 10.0. The minimum atomic E-state index is -2.81. The highest BCUT2D eigenvalue weighted by Gasteiger charge is 2.50. The Morgan fingerprint density at radius 2 is 1.56 bits per heavy atom. The zero-order valence-electron chi connectivity index (χ0n) is 22.8. The van der Waals surface area contributed by atoms with Crippen molar-refractivity contribution in [1.29, 1.82) is 0 Å². The second-order valence-electron chi connectivity index (χ2n) is 11.1. The van der Waals surface area contributed by atoms with Crippen LogP contribution in [0.1, 0.15) is 52.0 Å². The average Bonchev–Trinajstić information content (AvgIpc) is 2.95. The summed E-state index contributed by atoms with van der Waals surface area (Å²) < 4.78 is 28.2. The predicted octanol–water partition coefficient (Wildman–Crippen LogP) is 5.83. The van der Waals surface area contributed by atoms with Crippen LogP contribution in [-0.2, 0) is 15.8 Å². The molecule has 5 nitrogen and oxygen atoms in total. The Morgan fingerprint density at radius 3 is 2.10 bits per heavy atom. The molecule has 39 heavy (non-hydrogen) atoms. The quantitative estimate of drug-likeness (QED) is 0.276. The fourth-order valence-electron chi connectivity index (χ4n) is 5.53. The molecule has 1 fully saturated rings. The lowest BCUT2D eigenvalue weighted by Gasteiger charge is -2.43. The highest BCUT2D eigenvalue weighted by Crippen LogP contribution is 2.37. The van der Waals surface area contributed by atoms with Crippen molar-refractivity contribution in [2.45, 2.75) is 57.9 Å². The predicted molar refractivity (Wildman–Crippen MR) is 155 cm³/mol. The number of aromatic nitrogens is 2. The molecule has 1 saturated heterocycles. The molecule has 3 aromatic carbocycles. The molecule has 0 aliphatic carbocycles. The molecule has 5 rings (SSSR count). The first-order valence-electron chi connectivity index (χ1n) is 13.5. The zero-order chi connectivity index (χ0) is 27.5. The van der Waals surface area contributed by atoms with E-state index in [1.54, 1.807) is 18.2 Å². The molecule has 0 bridgehead atoms. The number of hydrogen-bond donors (Lipinski definition) is 0. The minimum Gasteiger partial charge on any atom is -0.401 e. The first-order valence-corrected chi connectivity index (χ1v) is 15.5. The van der Waals surface area contributed by atoms with Crippen molar-refractivity contribution < 1.29 is 13.6 Å². The van der Waals surface area contributed by atoms with Gasteiger partial charge in [-0.15, -0.1) is 0 Å². The van der Waals surface area contributed by atoms with Crippen molar-refractivity contribution in [3.05, 3.63) is 113 Å². The number of nitrogens with zero attached hydrogens (tertiary/aromatic N) is 2. The summed E-state index contributed by atoms with van der Waals surface area (Å²) in [7, 11) is -2.81. The van der Waals surface area contributed by atoms with E-state index in [2.05, 4.69) is 69.3 Å². The summed E-state index contributed by atoms with van der Waals surface area (Å²) in [4.78, 5) is 13.6. The Bertz CT molecular complexity index is 1410. The maximum atomic E-state index is 13.7. The highest BCUT2D eigenvalue weighted by molar-refractivity contribution is 6.99. The van der Waals surface area contributed by atoms with E-state index in [0.29, 0.717) is 23.4 Å². The van der Waals surface area contributed by atoms with Gasteiger partial charge in [0.2, 0.25) is 0 Å². The van der Waals surface area contributed by atoms with E-state index < -0.39 is 14.5 Å². The Morgan fingerprint density at radius 1 is 0.949 bits per heavy atom. The van der Waals surface area contributed by atoms with Gasteiger partial charge < -0.3 is 9.16 Å². The first kappa shape index (κ1) is 27.2. The minimum absolute atomic E-state index is 0.198. The number of rotatable bonds is 7. The lowest BCUT2D eigenvalue weighted by atomic mass is 10.1. The summed E-state index contributed by atoms with van der Waals surface area (Å²) in [6.45, 7) is 7.50. The second-order valence-corrected chi connectivity index (χ2v) is 15.4. The molecule has 202 valence electrons. The van der Waals surface area contributed by atoms with Crippen LogP contribution in [0.2, 0.25) is 5.04 Å². The molecule has 4 aromatic rings. The van der Waals surface area contributed by atoms with Crippen LogP contribution in [0.25, 0.3) is 11.1 Å². The van der Waals surface area contributed by atoms with Crippen LogP contribution >= 0.6 is 0 Å². The van der Waals surface area contributed by atoms with Crippen molar-refractivity contribution in [3.63, 3.8) is 0 Å². The summed E-state index contributed by atoms with van der Waals surface area (Å²) >= 11 is 0. The summed E-state index contributed by atoms with van der Waals surface area (Å²) in [6, 6.07) is 28.7. The average molecular weight is 543 g/mol. The van der Waals surface area contributed by atoms with E-state index in [0.717, 1.165) is 19.3 Å². The van der Waals surface area contributed by atoms with Crippen LogP contribution in [0.5, 0.6) is 0 Å². The molecule has 1 aromatic heterocycles. The summed E-state index contributed by atoms with van der Waals surface area (Å²) in [5.41, 5.74) is 1.49. The van der Waals surface area contributed by atoms with Crippen molar-refractivity contribution in [1.82, 2.24) is 9.78 Å². The van der Waals surface area contributed by atoms with Gasteiger partial charge in [0.1, 0.15) is 5.82 Å². The van der Waals surface area contributed by atoms with Gasteiger partial charge in [0.25, 0.3) is 13.9 Å². The topological polar surface area (TPSA) is 53.4 Å². The number of ether oxygens (including phenoxy) is 1. The fraction of sp³-hybridized carbons (Fsp3) is 0.312. The molecular weight excluding hydrogens is 507 g/mol. The molecule has 0 radical (unpaired) electrons. The van der Waals surface area contributed by atoms with Gasteiger partial charge in [0.05, 0.1) is 17.9 Å². The Labute approximate surface area is 230 Å². The number of halogens is 1. The normalized spacial score (nSPS) is 16.3. The van der Waals surface area contributed by atoms with Crippen molar-refractivity contribution in [3.8, 4) is 11.1 Å². The van der Waals surface area contributed by atoms with Crippen LogP contribution in [0.15, 0.2) is 95.8 Å². The van der Waals surface area contributed by atoms with Gasteiger partial charge in [-0.05, 0) is 58.4 Å². The Balaban J connectivity index is 1.62. The van der Waals surface area contributed by atoms with Gasteiger partial charge in [-0.3, -0.25) is 4.79 Å². The summed E-state index contributed by atoms with van der Waals surface area (Å²) in [5, 5.41) is 6.92. The van der Waals surface area contributed by atoms with Gasteiger partial charge >= 0.3 is 0 Å². The smallest absolute Gasteiger partial charge is 0.277 e. The van der Waals surface area contributed by atoms with Crippen LogP contribution in [0.3, 0.4) is 0 Å². The largest absolute Gasteiger partial charge is 0.401 e. The third-order valence-electron chi connectivity index (χ3n) is 7.42. The molecule has 1 unspecified atom stereocenters. The van der Waals surface area contributed by atoms with Gasteiger partial charge in [-0.25, -0.2) is 4.39 Å². The van der Waals surface area contributed by atoms with Gasteiger partial charge in [-0.2, -0.15) is 9.78 Å². The molecule has 0 N–H and O–H groups in total. The SMILES string of the molecule is CC(C)(C)[Si](OCc1cc(-c2ccc(F)cc2)c(=O)n(C2CCCCO2)n1)(c1ccccc1)c1ccccc1. The van der Waals surface area contributed by atoms with E-state index in [4.69, 9.17) is 14.3 Å². The second kappa shape index (κ2) is 11.4. The molecule has 0 spiro atoms. The molecular formula is C32H35FN2O3Si. The van der Waals surface area contributed by atoms with Gasteiger partial charge in [0.15, 0.2) is 6.23 Å². The van der Waals surface area contributed by atoms with Crippen LogP contribution in [-0.4, -0.2) is 24.7 Å². The number of hydrogen-bond acceptors (Lipinski definition) is 4. The van der Waals surface area contributed by atoms with E-state index >= 15 is 0 Å². The lowest BCUT2D eigenvalue weighted by molar-refractivity contribution is -0.0429. The summed E-state index contributed by atoms with van der Waals surface area (Å²) in [6.07, 6.45) is 2.22. The van der Waals surface area contributed by atoms with E-state index in [1.807, 2.05) is 12.1 Å². The number of benzene rings is 3. The molecule has 0 amide bonds. The molecule has 1 aliphatic heterocycles. The summed E-state index contributed by atoms with van der Waals surface area (Å²) in [5.74, 6) is -0.348. The molecule has 7 heteroatoms. The lowest BCUT2D eigenvalue weighted by Crippen LogP contribution is -2.66. The highest BCUT2D eigenvalue weighted by atomic mass is 28.4. The molecule has 1 atom stereocenters. The Kier molecular flexibility index (Phi) is 7.93. The monoisotopic (exact) mass is 542 g/mol. The van der Waals surface area contributed by atoms with Crippen LogP contribution in [0, 0.1) is 5.82 Å². The maximum absolute atomic E-state index is 13.7. The van der Waals surface area contributed by atoms with E-state index in [9.17, 15) is 9.18 Å². The maximum Gasteiger partial charge on any atom is 0.277 e. The van der Waals surface area contributed by atoms with Crippen LogP contribution < -0.4 is 15.9 Å². The molecule has 0 saturated carbocycles. The molecule has 2 heterocycles. The van der Waals surface area contributed by atoms with Crippen molar-refractivity contribution in [2.24, 2.45) is 0 Å². The van der Waals surface area contributed by atoms with E-state index in [-0.39, 0.29) is 23.0 Å².